The number of benzene rings is 1. The van der Waals surface area contributed by atoms with Gasteiger partial charge in [-0.15, -0.1) is 10.2 Å². The second-order valence-electron chi connectivity index (χ2n) is 2.77. The van der Waals surface area contributed by atoms with Crippen LogP contribution in [-0.2, 0) is 0 Å². The smallest absolute Gasteiger partial charge is 0.0650 e. The number of nitrogens with zero attached hydrogens (tertiary/aromatic N) is 4. The summed E-state index contributed by atoms with van der Waals surface area (Å²) < 4.78 is 0. The Bertz CT molecular complexity index is 448. The largest absolute Gasteiger partial charge is 0.278 e. The summed E-state index contributed by atoms with van der Waals surface area (Å²) in [5, 5.41) is 18.0. The van der Waals surface area contributed by atoms with Crippen molar-refractivity contribution in [1.82, 2.24) is 25.6 Å². The molecule has 1 N–H and O–H groups in total. The molecule has 2 heterocycles. The van der Waals surface area contributed by atoms with Crippen LogP contribution in [0.5, 0.6) is 0 Å². The van der Waals surface area contributed by atoms with E-state index < -0.39 is 0 Å². The van der Waals surface area contributed by atoms with Gasteiger partial charge < -0.3 is 0 Å². The molecule has 0 unspecified atom stereocenters. The quantitative estimate of drug-likeness (QED) is 0.594. The molecule has 0 aliphatic heterocycles. The Balaban J connectivity index is 0.000000124. The lowest BCUT2D eigenvalue weighted by Gasteiger charge is -1.81. The fourth-order valence-corrected chi connectivity index (χ4v) is 1.09. The first-order valence-corrected chi connectivity index (χ1v) is 4.43. The van der Waals surface area contributed by atoms with Crippen LogP contribution in [0.15, 0.2) is 48.9 Å². The second-order valence-corrected chi connectivity index (χ2v) is 2.77. The summed E-state index contributed by atoms with van der Waals surface area (Å²) in [7, 11) is 0. The van der Waals surface area contributed by atoms with Gasteiger partial charge in [-0.2, -0.15) is 5.10 Å². The van der Waals surface area contributed by atoms with Crippen molar-refractivity contribution in [3.63, 3.8) is 0 Å². The van der Waals surface area contributed by atoms with Crippen LogP contribution in [-0.4, -0.2) is 25.6 Å². The molecule has 0 atom stereocenters. The number of aromatic amines is 1. The number of aromatic nitrogens is 5. The summed E-state index contributed by atoms with van der Waals surface area (Å²) in [5.74, 6) is 0. The van der Waals surface area contributed by atoms with E-state index >= 15 is 0 Å². The standard InChI is InChI=1S/C7H6N2.C3H3N3/c1-2-4-7-6(3-1)5-8-9-7;1-2-4-6-5-3-1/h1-5H,(H,8,9);1-3H. The Morgan fingerprint density at radius 1 is 0.933 bits per heavy atom. The van der Waals surface area contributed by atoms with E-state index in [0.29, 0.717) is 0 Å². The third-order valence-electron chi connectivity index (χ3n) is 1.76. The molecule has 0 aliphatic rings. The average Bonchev–Trinajstić information content (AvgIpc) is 2.80. The second kappa shape index (κ2) is 4.80. The molecule has 0 bridgehead atoms. The molecule has 0 saturated carbocycles. The third kappa shape index (κ3) is 2.57. The molecule has 0 radical (unpaired) electrons. The summed E-state index contributed by atoms with van der Waals surface area (Å²) in [6.45, 7) is 0. The first-order chi connectivity index (χ1) is 7.47. The topological polar surface area (TPSA) is 67.3 Å². The van der Waals surface area contributed by atoms with Crippen LogP contribution in [0.1, 0.15) is 0 Å². The van der Waals surface area contributed by atoms with Crippen molar-refractivity contribution in [2.24, 2.45) is 0 Å². The SMILES string of the molecule is c1ccc2[nH]ncc2c1.c1cnnnc1. The molecule has 3 aromatic rings. The maximum Gasteiger partial charge on any atom is 0.0650 e. The normalized spacial score (nSPS) is 9.33. The van der Waals surface area contributed by atoms with E-state index in [9.17, 15) is 0 Å². The number of rotatable bonds is 0. The van der Waals surface area contributed by atoms with Crippen molar-refractivity contribution in [2.45, 2.75) is 0 Å². The van der Waals surface area contributed by atoms with E-state index in [4.69, 9.17) is 0 Å². The van der Waals surface area contributed by atoms with Gasteiger partial charge in [-0.05, 0) is 17.3 Å². The average molecular weight is 199 g/mol. The highest BCUT2D eigenvalue weighted by Gasteiger charge is 1.88. The van der Waals surface area contributed by atoms with Gasteiger partial charge in [0.2, 0.25) is 0 Å². The van der Waals surface area contributed by atoms with E-state index in [1.165, 1.54) is 0 Å². The zero-order valence-electron chi connectivity index (χ0n) is 7.91. The minimum atomic E-state index is 1.09. The van der Waals surface area contributed by atoms with Crippen molar-refractivity contribution in [3.05, 3.63) is 48.9 Å². The van der Waals surface area contributed by atoms with Crippen LogP contribution in [0.2, 0.25) is 0 Å². The number of para-hydroxylation sites is 1. The molecule has 3 rings (SSSR count). The van der Waals surface area contributed by atoms with E-state index in [1.807, 2.05) is 30.5 Å². The Morgan fingerprint density at radius 3 is 2.33 bits per heavy atom. The Labute approximate surface area is 86.2 Å². The van der Waals surface area contributed by atoms with Crippen molar-refractivity contribution < 1.29 is 0 Å². The minimum Gasteiger partial charge on any atom is -0.278 e. The summed E-state index contributed by atoms with van der Waals surface area (Å²) in [4.78, 5) is 0. The van der Waals surface area contributed by atoms with Gasteiger partial charge in [0.25, 0.3) is 0 Å². The zero-order chi connectivity index (χ0) is 10.3. The first-order valence-electron chi connectivity index (χ1n) is 4.43. The Kier molecular flexibility index (Phi) is 2.97. The third-order valence-corrected chi connectivity index (χ3v) is 1.76. The molecule has 0 fully saturated rings. The van der Waals surface area contributed by atoms with Crippen molar-refractivity contribution in [1.29, 1.82) is 0 Å². The van der Waals surface area contributed by atoms with Gasteiger partial charge in [0.1, 0.15) is 0 Å². The number of H-pyrrole nitrogens is 1. The fraction of sp³-hybridized carbons (Fsp3) is 0. The molecule has 15 heavy (non-hydrogen) atoms. The number of nitrogens with one attached hydrogen (secondary N) is 1. The van der Waals surface area contributed by atoms with Crippen LogP contribution in [0, 0.1) is 0 Å². The molecule has 74 valence electrons. The van der Waals surface area contributed by atoms with E-state index in [1.54, 1.807) is 18.5 Å². The Morgan fingerprint density at radius 2 is 1.73 bits per heavy atom. The molecule has 5 heteroatoms. The van der Waals surface area contributed by atoms with Crippen molar-refractivity contribution >= 4 is 10.9 Å². The van der Waals surface area contributed by atoms with Gasteiger partial charge in [-0.1, -0.05) is 18.2 Å². The van der Waals surface area contributed by atoms with Gasteiger partial charge in [0.15, 0.2) is 0 Å². The maximum atomic E-state index is 3.88. The molecular formula is C10H9N5. The fourth-order valence-electron chi connectivity index (χ4n) is 1.09. The first kappa shape index (κ1) is 9.26. The number of fused-ring (bicyclic) bond motifs is 1. The minimum absolute atomic E-state index is 1.09. The van der Waals surface area contributed by atoms with Crippen LogP contribution < -0.4 is 0 Å². The molecular weight excluding hydrogens is 190 g/mol. The van der Waals surface area contributed by atoms with Gasteiger partial charge in [0.05, 0.1) is 24.1 Å². The highest BCUT2D eigenvalue weighted by molar-refractivity contribution is 5.77. The van der Waals surface area contributed by atoms with Crippen LogP contribution >= 0.6 is 0 Å². The van der Waals surface area contributed by atoms with E-state index in [0.717, 1.165) is 10.9 Å². The summed E-state index contributed by atoms with van der Waals surface area (Å²) in [6.07, 6.45) is 4.97. The summed E-state index contributed by atoms with van der Waals surface area (Å²) in [5.41, 5.74) is 1.09. The molecule has 0 amide bonds. The zero-order valence-corrected chi connectivity index (χ0v) is 7.91. The van der Waals surface area contributed by atoms with Gasteiger partial charge in [-0.3, -0.25) is 5.10 Å². The molecule has 5 nitrogen and oxygen atoms in total. The highest BCUT2D eigenvalue weighted by atomic mass is 15.3. The summed E-state index contributed by atoms with van der Waals surface area (Å²) in [6, 6.07) is 9.73. The molecule has 0 aliphatic carbocycles. The summed E-state index contributed by atoms with van der Waals surface area (Å²) >= 11 is 0. The predicted molar refractivity (Wildman–Crippen MR) is 55.9 cm³/mol. The van der Waals surface area contributed by atoms with Gasteiger partial charge >= 0.3 is 0 Å². The molecule has 1 aromatic carbocycles. The van der Waals surface area contributed by atoms with E-state index in [2.05, 4.69) is 25.6 Å². The van der Waals surface area contributed by atoms with Crippen LogP contribution in [0.3, 0.4) is 0 Å². The molecule has 0 spiro atoms. The lowest BCUT2D eigenvalue weighted by molar-refractivity contribution is 0.865. The van der Waals surface area contributed by atoms with Crippen LogP contribution in [0.4, 0.5) is 0 Å². The lowest BCUT2D eigenvalue weighted by atomic mass is 10.3. The monoisotopic (exact) mass is 199 g/mol. The van der Waals surface area contributed by atoms with Gasteiger partial charge in [0, 0.05) is 5.39 Å². The van der Waals surface area contributed by atoms with Crippen molar-refractivity contribution in [2.75, 3.05) is 0 Å². The molecule has 0 saturated heterocycles. The van der Waals surface area contributed by atoms with Gasteiger partial charge in [-0.25, -0.2) is 0 Å². The predicted octanol–water partition coefficient (Wildman–Crippen LogP) is 1.43. The Hall–Kier alpha value is -2.30. The van der Waals surface area contributed by atoms with Crippen molar-refractivity contribution in [3.8, 4) is 0 Å². The number of hydrogen-bond donors (Lipinski definition) is 1. The highest BCUT2D eigenvalue weighted by Crippen LogP contribution is 2.06. The lowest BCUT2D eigenvalue weighted by Crippen LogP contribution is -1.78. The molecule has 2 aromatic heterocycles. The van der Waals surface area contributed by atoms with E-state index in [-0.39, 0.29) is 0 Å². The van der Waals surface area contributed by atoms with Crippen LogP contribution in [0.25, 0.3) is 10.9 Å². The number of hydrogen-bond acceptors (Lipinski definition) is 4. The maximum absolute atomic E-state index is 3.88.